The summed E-state index contributed by atoms with van der Waals surface area (Å²) in [7, 11) is 0. The average molecular weight is 245 g/mol. The molecule has 0 aliphatic heterocycles. The Kier molecular flexibility index (Phi) is 3.86. The van der Waals surface area contributed by atoms with E-state index in [2.05, 4.69) is 10.1 Å². The van der Waals surface area contributed by atoms with Crippen molar-refractivity contribution < 1.29 is 9.63 Å². The van der Waals surface area contributed by atoms with E-state index in [9.17, 15) is 5.11 Å². The lowest BCUT2D eigenvalue weighted by atomic mass is 10.1. The Morgan fingerprint density at radius 1 is 1.33 bits per heavy atom. The Hall–Kier alpha value is -1.98. The highest BCUT2D eigenvalue weighted by Gasteiger charge is 2.21. The summed E-state index contributed by atoms with van der Waals surface area (Å²) in [5.74, 6) is 0.566. The van der Waals surface area contributed by atoms with Crippen LogP contribution in [-0.4, -0.2) is 21.3 Å². The molecule has 0 aliphatic carbocycles. The first kappa shape index (κ1) is 12.5. The van der Waals surface area contributed by atoms with Gasteiger partial charge >= 0.3 is 0 Å². The Bertz CT molecular complexity index is 522. The summed E-state index contributed by atoms with van der Waals surface area (Å²) in [5, 5.41) is 13.7. The molecule has 0 bridgehead atoms. The molecule has 1 heterocycles. The standard InChI is InChI=1S/C13H15N3O2/c1-2-6-10(14)11(17)13-15-12(16-18-13)9-7-4-3-5-8-9/h2-8,10-11,17H,14H2,1H3/b6-2+. The van der Waals surface area contributed by atoms with Crippen molar-refractivity contribution >= 4 is 0 Å². The predicted molar refractivity (Wildman–Crippen MR) is 67.5 cm³/mol. The van der Waals surface area contributed by atoms with Gasteiger partial charge in [-0.25, -0.2) is 0 Å². The zero-order valence-electron chi connectivity index (χ0n) is 10.0. The van der Waals surface area contributed by atoms with Crippen molar-refractivity contribution in [2.75, 3.05) is 0 Å². The molecular weight excluding hydrogens is 230 g/mol. The van der Waals surface area contributed by atoms with Crippen LogP contribution in [0.2, 0.25) is 0 Å². The number of aliphatic hydroxyl groups excluding tert-OH is 1. The fraction of sp³-hybridized carbons (Fsp3) is 0.231. The molecule has 1 aromatic carbocycles. The van der Waals surface area contributed by atoms with Gasteiger partial charge in [0.2, 0.25) is 5.82 Å². The Balaban J connectivity index is 2.21. The fourth-order valence-electron chi connectivity index (χ4n) is 1.55. The van der Waals surface area contributed by atoms with Crippen molar-refractivity contribution in [3.05, 3.63) is 48.4 Å². The van der Waals surface area contributed by atoms with Crippen LogP contribution in [0.1, 0.15) is 18.9 Å². The molecule has 2 aromatic rings. The van der Waals surface area contributed by atoms with Gasteiger partial charge in [-0.1, -0.05) is 47.6 Å². The zero-order chi connectivity index (χ0) is 13.0. The quantitative estimate of drug-likeness (QED) is 0.800. The number of benzene rings is 1. The number of hydrogen-bond donors (Lipinski definition) is 2. The van der Waals surface area contributed by atoms with Gasteiger partial charge in [0.25, 0.3) is 5.89 Å². The minimum Gasteiger partial charge on any atom is -0.381 e. The van der Waals surface area contributed by atoms with E-state index in [1.54, 1.807) is 12.2 Å². The number of aliphatic hydroxyl groups is 1. The first-order valence-electron chi connectivity index (χ1n) is 5.68. The molecule has 0 fully saturated rings. The summed E-state index contributed by atoms with van der Waals surface area (Å²) in [4.78, 5) is 4.14. The van der Waals surface area contributed by atoms with Crippen molar-refractivity contribution in [2.24, 2.45) is 5.73 Å². The second kappa shape index (κ2) is 5.57. The number of allylic oxidation sites excluding steroid dienone is 1. The van der Waals surface area contributed by atoms with Gasteiger partial charge in [0.15, 0.2) is 6.10 Å². The Morgan fingerprint density at radius 3 is 2.72 bits per heavy atom. The van der Waals surface area contributed by atoms with Gasteiger partial charge in [-0.2, -0.15) is 4.98 Å². The summed E-state index contributed by atoms with van der Waals surface area (Å²) in [6.07, 6.45) is 2.45. The van der Waals surface area contributed by atoms with Crippen molar-refractivity contribution in [1.82, 2.24) is 10.1 Å². The topological polar surface area (TPSA) is 85.2 Å². The van der Waals surface area contributed by atoms with E-state index in [0.29, 0.717) is 5.82 Å². The summed E-state index contributed by atoms with van der Waals surface area (Å²) in [6, 6.07) is 8.85. The van der Waals surface area contributed by atoms with Crippen molar-refractivity contribution in [3.8, 4) is 11.4 Å². The molecule has 0 aliphatic rings. The molecule has 2 rings (SSSR count). The van der Waals surface area contributed by atoms with E-state index >= 15 is 0 Å². The monoisotopic (exact) mass is 245 g/mol. The fourth-order valence-corrected chi connectivity index (χ4v) is 1.55. The van der Waals surface area contributed by atoms with Crippen molar-refractivity contribution in [3.63, 3.8) is 0 Å². The van der Waals surface area contributed by atoms with Gasteiger partial charge in [0.1, 0.15) is 0 Å². The van der Waals surface area contributed by atoms with E-state index < -0.39 is 12.1 Å². The third kappa shape index (κ3) is 2.64. The highest BCUT2D eigenvalue weighted by molar-refractivity contribution is 5.53. The van der Waals surface area contributed by atoms with Gasteiger partial charge < -0.3 is 15.4 Å². The minimum absolute atomic E-state index is 0.124. The number of nitrogens with two attached hydrogens (primary N) is 1. The molecule has 0 saturated heterocycles. The molecule has 5 nitrogen and oxygen atoms in total. The largest absolute Gasteiger partial charge is 0.381 e. The molecule has 5 heteroatoms. The van der Waals surface area contributed by atoms with Crippen LogP contribution in [0.15, 0.2) is 47.0 Å². The lowest BCUT2D eigenvalue weighted by Crippen LogP contribution is -2.26. The van der Waals surface area contributed by atoms with Crippen LogP contribution in [0.3, 0.4) is 0 Å². The van der Waals surface area contributed by atoms with Gasteiger partial charge in [-0.15, -0.1) is 0 Å². The van der Waals surface area contributed by atoms with E-state index in [0.717, 1.165) is 5.56 Å². The summed E-state index contributed by atoms with van der Waals surface area (Å²) in [5.41, 5.74) is 6.58. The smallest absolute Gasteiger partial charge is 0.257 e. The number of aromatic nitrogens is 2. The van der Waals surface area contributed by atoms with Crippen LogP contribution in [0, 0.1) is 0 Å². The molecular formula is C13H15N3O2. The lowest BCUT2D eigenvalue weighted by Gasteiger charge is -2.09. The predicted octanol–water partition coefficient (Wildman–Crippen LogP) is 1.67. The normalized spacial score (nSPS) is 14.8. The van der Waals surface area contributed by atoms with Crippen LogP contribution in [-0.2, 0) is 0 Å². The van der Waals surface area contributed by atoms with Crippen LogP contribution in [0.4, 0.5) is 0 Å². The third-order valence-electron chi connectivity index (χ3n) is 2.51. The maximum absolute atomic E-state index is 9.91. The van der Waals surface area contributed by atoms with E-state index in [4.69, 9.17) is 10.3 Å². The molecule has 18 heavy (non-hydrogen) atoms. The molecule has 2 atom stereocenters. The van der Waals surface area contributed by atoms with Gasteiger partial charge in [-0.05, 0) is 6.92 Å². The van der Waals surface area contributed by atoms with Crippen LogP contribution in [0.25, 0.3) is 11.4 Å². The van der Waals surface area contributed by atoms with Crippen LogP contribution < -0.4 is 5.73 Å². The molecule has 0 radical (unpaired) electrons. The lowest BCUT2D eigenvalue weighted by molar-refractivity contribution is 0.121. The maximum atomic E-state index is 9.91. The number of rotatable bonds is 4. The van der Waals surface area contributed by atoms with E-state index in [1.807, 2.05) is 37.3 Å². The molecule has 0 saturated carbocycles. The highest BCUT2D eigenvalue weighted by Crippen LogP contribution is 2.19. The first-order chi connectivity index (χ1) is 8.72. The molecule has 0 spiro atoms. The SMILES string of the molecule is C/C=C/C(N)C(O)c1nc(-c2ccccc2)no1. The second-order valence-corrected chi connectivity index (χ2v) is 3.87. The first-order valence-corrected chi connectivity index (χ1v) is 5.68. The second-order valence-electron chi connectivity index (χ2n) is 3.87. The zero-order valence-corrected chi connectivity index (χ0v) is 10.0. The van der Waals surface area contributed by atoms with Crippen LogP contribution >= 0.6 is 0 Å². The van der Waals surface area contributed by atoms with Gasteiger partial charge in [0.05, 0.1) is 6.04 Å². The summed E-state index contributed by atoms with van der Waals surface area (Å²) in [6.45, 7) is 1.83. The Labute approximate surface area is 105 Å². The van der Waals surface area contributed by atoms with Gasteiger partial charge in [-0.3, -0.25) is 0 Å². The van der Waals surface area contributed by atoms with Crippen molar-refractivity contribution in [1.29, 1.82) is 0 Å². The molecule has 1 aromatic heterocycles. The molecule has 0 amide bonds. The summed E-state index contributed by atoms with van der Waals surface area (Å²) >= 11 is 0. The number of nitrogens with zero attached hydrogens (tertiary/aromatic N) is 2. The maximum Gasteiger partial charge on any atom is 0.257 e. The molecule has 3 N–H and O–H groups in total. The number of hydrogen-bond acceptors (Lipinski definition) is 5. The van der Waals surface area contributed by atoms with E-state index in [-0.39, 0.29) is 5.89 Å². The Morgan fingerprint density at radius 2 is 2.06 bits per heavy atom. The highest BCUT2D eigenvalue weighted by atomic mass is 16.5. The molecule has 2 unspecified atom stereocenters. The van der Waals surface area contributed by atoms with Crippen molar-refractivity contribution in [2.45, 2.75) is 19.1 Å². The molecule has 94 valence electrons. The average Bonchev–Trinajstić information content (AvgIpc) is 2.89. The third-order valence-corrected chi connectivity index (χ3v) is 2.51. The van der Waals surface area contributed by atoms with Crippen LogP contribution in [0.5, 0.6) is 0 Å². The van der Waals surface area contributed by atoms with Gasteiger partial charge in [0, 0.05) is 5.56 Å². The van der Waals surface area contributed by atoms with E-state index in [1.165, 1.54) is 0 Å². The minimum atomic E-state index is -0.994. The summed E-state index contributed by atoms with van der Waals surface area (Å²) < 4.78 is 5.02.